The van der Waals surface area contributed by atoms with Gasteiger partial charge in [0.1, 0.15) is 5.69 Å². The SMILES string of the molecule is COc1nccnc1C(N)c1sccc1C. The van der Waals surface area contributed by atoms with Crippen LogP contribution < -0.4 is 10.5 Å². The molecule has 0 aromatic carbocycles. The summed E-state index contributed by atoms with van der Waals surface area (Å²) in [5.74, 6) is 0.489. The Kier molecular flexibility index (Phi) is 3.17. The predicted molar refractivity (Wildman–Crippen MR) is 63.7 cm³/mol. The minimum atomic E-state index is -0.274. The summed E-state index contributed by atoms with van der Waals surface area (Å²) in [4.78, 5) is 9.43. The molecule has 0 aliphatic rings. The molecule has 1 unspecified atom stereocenters. The van der Waals surface area contributed by atoms with Gasteiger partial charge in [0.05, 0.1) is 13.2 Å². The fourth-order valence-electron chi connectivity index (χ4n) is 1.53. The van der Waals surface area contributed by atoms with Crippen molar-refractivity contribution in [2.45, 2.75) is 13.0 Å². The number of ether oxygens (including phenoxy) is 1. The molecule has 2 heterocycles. The van der Waals surface area contributed by atoms with Crippen molar-refractivity contribution in [3.05, 3.63) is 40.0 Å². The van der Waals surface area contributed by atoms with E-state index in [1.165, 1.54) is 5.56 Å². The standard InChI is InChI=1S/C11H13N3OS/c1-7-3-6-16-10(7)8(12)9-11(15-2)14-5-4-13-9/h3-6,8H,12H2,1-2H3. The lowest BCUT2D eigenvalue weighted by Gasteiger charge is -2.12. The summed E-state index contributed by atoms with van der Waals surface area (Å²) >= 11 is 1.62. The molecule has 0 bridgehead atoms. The third-order valence-corrected chi connectivity index (χ3v) is 3.47. The average molecular weight is 235 g/mol. The Morgan fingerprint density at radius 3 is 2.75 bits per heavy atom. The smallest absolute Gasteiger partial charge is 0.237 e. The van der Waals surface area contributed by atoms with Crippen molar-refractivity contribution in [1.82, 2.24) is 9.97 Å². The predicted octanol–water partition coefficient (Wildman–Crippen LogP) is 1.90. The van der Waals surface area contributed by atoms with Crippen molar-refractivity contribution >= 4 is 11.3 Å². The number of nitrogens with two attached hydrogens (primary N) is 1. The van der Waals surface area contributed by atoms with E-state index in [0.29, 0.717) is 11.6 Å². The van der Waals surface area contributed by atoms with Gasteiger partial charge in [-0.25, -0.2) is 4.98 Å². The van der Waals surface area contributed by atoms with Crippen molar-refractivity contribution in [3.8, 4) is 5.88 Å². The van der Waals surface area contributed by atoms with Gasteiger partial charge in [0.15, 0.2) is 0 Å². The van der Waals surface area contributed by atoms with Crippen LogP contribution in [0.25, 0.3) is 0 Å². The molecule has 2 N–H and O–H groups in total. The topological polar surface area (TPSA) is 61.0 Å². The second kappa shape index (κ2) is 4.59. The molecule has 0 aliphatic heterocycles. The van der Waals surface area contributed by atoms with Gasteiger partial charge in [0, 0.05) is 17.3 Å². The van der Waals surface area contributed by atoms with E-state index in [0.717, 1.165) is 4.88 Å². The first-order chi connectivity index (χ1) is 7.74. The van der Waals surface area contributed by atoms with E-state index in [2.05, 4.69) is 9.97 Å². The highest BCUT2D eigenvalue weighted by molar-refractivity contribution is 7.10. The van der Waals surface area contributed by atoms with Gasteiger partial charge in [-0.2, -0.15) is 0 Å². The minimum Gasteiger partial charge on any atom is -0.480 e. The molecule has 2 aromatic rings. The number of hydrogen-bond acceptors (Lipinski definition) is 5. The Labute approximate surface area is 98.1 Å². The van der Waals surface area contributed by atoms with E-state index in [1.54, 1.807) is 30.8 Å². The number of aryl methyl sites for hydroxylation is 1. The summed E-state index contributed by atoms with van der Waals surface area (Å²) in [6, 6.07) is 1.77. The Bertz CT molecular complexity index is 484. The summed E-state index contributed by atoms with van der Waals surface area (Å²) in [5.41, 5.74) is 8.01. The number of rotatable bonds is 3. The van der Waals surface area contributed by atoms with Gasteiger partial charge in [0.25, 0.3) is 0 Å². The van der Waals surface area contributed by atoms with Gasteiger partial charge in [-0.05, 0) is 23.9 Å². The quantitative estimate of drug-likeness (QED) is 0.882. The third-order valence-electron chi connectivity index (χ3n) is 2.36. The molecule has 2 aromatic heterocycles. The number of methoxy groups -OCH3 is 1. The van der Waals surface area contributed by atoms with Crippen LogP contribution in [0.4, 0.5) is 0 Å². The molecule has 0 fully saturated rings. The summed E-state index contributed by atoms with van der Waals surface area (Å²) in [7, 11) is 1.57. The second-order valence-corrected chi connectivity index (χ2v) is 4.34. The lowest BCUT2D eigenvalue weighted by atomic mass is 10.1. The van der Waals surface area contributed by atoms with Gasteiger partial charge in [-0.15, -0.1) is 11.3 Å². The molecule has 0 saturated carbocycles. The van der Waals surface area contributed by atoms with E-state index in [-0.39, 0.29) is 6.04 Å². The molecular formula is C11H13N3OS. The number of nitrogens with zero attached hydrogens (tertiary/aromatic N) is 2. The van der Waals surface area contributed by atoms with Crippen LogP contribution in [-0.2, 0) is 0 Å². The molecule has 16 heavy (non-hydrogen) atoms. The number of aromatic nitrogens is 2. The maximum atomic E-state index is 6.17. The Balaban J connectivity index is 2.41. The summed E-state index contributed by atoms with van der Waals surface area (Å²) < 4.78 is 5.16. The Morgan fingerprint density at radius 2 is 2.12 bits per heavy atom. The second-order valence-electron chi connectivity index (χ2n) is 3.40. The minimum absolute atomic E-state index is 0.274. The van der Waals surface area contributed by atoms with Crippen LogP contribution in [0.2, 0.25) is 0 Å². The molecule has 0 radical (unpaired) electrons. The van der Waals surface area contributed by atoms with Crippen molar-refractivity contribution < 1.29 is 4.74 Å². The third kappa shape index (κ3) is 1.91. The van der Waals surface area contributed by atoms with Crippen LogP contribution in [0.15, 0.2) is 23.8 Å². The van der Waals surface area contributed by atoms with Gasteiger partial charge in [-0.3, -0.25) is 4.98 Å². The van der Waals surface area contributed by atoms with E-state index in [9.17, 15) is 0 Å². The molecule has 1 atom stereocenters. The molecule has 5 heteroatoms. The highest BCUT2D eigenvalue weighted by Gasteiger charge is 2.18. The molecule has 84 valence electrons. The van der Waals surface area contributed by atoms with Crippen LogP contribution in [0.1, 0.15) is 22.2 Å². The van der Waals surface area contributed by atoms with Gasteiger partial charge in [0.2, 0.25) is 5.88 Å². The number of thiophene rings is 1. The zero-order chi connectivity index (χ0) is 11.5. The molecular weight excluding hydrogens is 222 g/mol. The van der Waals surface area contributed by atoms with Crippen LogP contribution in [0.5, 0.6) is 5.88 Å². The molecule has 4 nitrogen and oxygen atoms in total. The van der Waals surface area contributed by atoms with E-state index in [1.807, 2.05) is 18.4 Å². The summed E-state index contributed by atoms with van der Waals surface area (Å²) in [5, 5.41) is 2.02. The monoisotopic (exact) mass is 235 g/mol. The van der Waals surface area contributed by atoms with E-state index >= 15 is 0 Å². The molecule has 0 saturated heterocycles. The lowest BCUT2D eigenvalue weighted by Crippen LogP contribution is -2.15. The molecule has 0 amide bonds. The highest BCUT2D eigenvalue weighted by atomic mass is 32.1. The first-order valence-electron chi connectivity index (χ1n) is 4.88. The van der Waals surface area contributed by atoms with Gasteiger partial charge < -0.3 is 10.5 Å². The van der Waals surface area contributed by atoms with Gasteiger partial charge in [-0.1, -0.05) is 0 Å². The zero-order valence-corrected chi connectivity index (χ0v) is 9.99. The Morgan fingerprint density at radius 1 is 1.38 bits per heavy atom. The van der Waals surface area contributed by atoms with E-state index < -0.39 is 0 Å². The molecule has 2 rings (SSSR count). The zero-order valence-electron chi connectivity index (χ0n) is 9.18. The average Bonchev–Trinajstić information content (AvgIpc) is 2.74. The highest BCUT2D eigenvalue weighted by Crippen LogP contribution is 2.29. The molecule has 0 spiro atoms. The van der Waals surface area contributed by atoms with Crippen molar-refractivity contribution in [1.29, 1.82) is 0 Å². The van der Waals surface area contributed by atoms with Crippen molar-refractivity contribution in [2.24, 2.45) is 5.73 Å². The van der Waals surface area contributed by atoms with Crippen molar-refractivity contribution in [2.75, 3.05) is 7.11 Å². The van der Waals surface area contributed by atoms with Crippen LogP contribution in [0, 0.1) is 6.92 Å². The largest absolute Gasteiger partial charge is 0.480 e. The Hall–Kier alpha value is -1.46. The lowest BCUT2D eigenvalue weighted by molar-refractivity contribution is 0.387. The normalized spacial score (nSPS) is 12.4. The summed E-state index contributed by atoms with van der Waals surface area (Å²) in [6.45, 7) is 2.04. The van der Waals surface area contributed by atoms with Crippen LogP contribution >= 0.6 is 11.3 Å². The molecule has 0 aliphatic carbocycles. The fraction of sp³-hybridized carbons (Fsp3) is 0.273. The number of hydrogen-bond donors (Lipinski definition) is 1. The summed E-state index contributed by atoms with van der Waals surface area (Å²) in [6.07, 6.45) is 3.22. The maximum Gasteiger partial charge on any atom is 0.237 e. The van der Waals surface area contributed by atoms with Gasteiger partial charge >= 0.3 is 0 Å². The fourth-order valence-corrected chi connectivity index (χ4v) is 2.46. The van der Waals surface area contributed by atoms with E-state index in [4.69, 9.17) is 10.5 Å². The van der Waals surface area contributed by atoms with Crippen LogP contribution in [-0.4, -0.2) is 17.1 Å². The first kappa shape index (κ1) is 11.0. The van der Waals surface area contributed by atoms with Crippen LogP contribution in [0.3, 0.4) is 0 Å². The van der Waals surface area contributed by atoms with Crippen molar-refractivity contribution in [3.63, 3.8) is 0 Å². The first-order valence-corrected chi connectivity index (χ1v) is 5.76. The maximum absolute atomic E-state index is 6.17.